The summed E-state index contributed by atoms with van der Waals surface area (Å²) in [6.45, 7) is 2.96. The highest BCUT2D eigenvalue weighted by molar-refractivity contribution is 5.22. The Kier molecular flexibility index (Phi) is 2.88. The molecule has 0 spiro atoms. The van der Waals surface area contributed by atoms with E-state index in [4.69, 9.17) is 0 Å². The fourth-order valence-electron chi connectivity index (χ4n) is 1.53. The standard InChI is InChI=1S/C9H13FN4/c10-8-5-13-9(14-6-8)12-4-7-1-2-11-3-7/h5-7,11H,1-4H2,(H,12,13,14). The van der Waals surface area contributed by atoms with Crippen LogP contribution in [-0.4, -0.2) is 29.6 Å². The van der Waals surface area contributed by atoms with Crippen molar-refractivity contribution in [3.05, 3.63) is 18.2 Å². The predicted molar refractivity (Wildman–Crippen MR) is 51.5 cm³/mol. The maximum atomic E-state index is 12.5. The number of hydrogen-bond donors (Lipinski definition) is 2. The molecule has 0 bridgehead atoms. The van der Waals surface area contributed by atoms with Crippen molar-refractivity contribution in [2.24, 2.45) is 5.92 Å². The van der Waals surface area contributed by atoms with Crippen molar-refractivity contribution >= 4 is 5.95 Å². The molecule has 0 amide bonds. The van der Waals surface area contributed by atoms with Gasteiger partial charge in [0.05, 0.1) is 12.4 Å². The maximum absolute atomic E-state index is 12.5. The smallest absolute Gasteiger partial charge is 0.222 e. The van der Waals surface area contributed by atoms with Gasteiger partial charge < -0.3 is 10.6 Å². The molecular formula is C9H13FN4. The van der Waals surface area contributed by atoms with E-state index in [1.807, 2.05) is 0 Å². The topological polar surface area (TPSA) is 49.8 Å². The van der Waals surface area contributed by atoms with Gasteiger partial charge in [-0.3, -0.25) is 0 Å². The van der Waals surface area contributed by atoms with Crippen LogP contribution in [-0.2, 0) is 0 Å². The van der Waals surface area contributed by atoms with Gasteiger partial charge in [-0.15, -0.1) is 0 Å². The van der Waals surface area contributed by atoms with Crippen LogP contribution in [0.2, 0.25) is 0 Å². The van der Waals surface area contributed by atoms with Gasteiger partial charge in [-0.1, -0.05) is 0 Å². The Bertz CT molecular complexity index is 281. The fourth-order valence-corrected chi connectivity index (χ4v) is 1.53. The second kappa shape index (κ2) is 4.32. The second-order valence-electron chi connectivity index (χ2n) is 3.46. The van der Waals surface area contributed by atoms with E-state index in [1.54, 1.807) is 0 Å². The zero-order valence-electron chi connectivity index (χ0n) is 7.83. The minimum Gasteiger partial charge on any atom is -0.354 e. The van der Waals surface area contributed by atoms with Crippen LogP contribution in [0.15, 0.2) is 12.4 Å². The summed E-state index contributed by atoms with van der Waals surface area (Å²) >= 11 is 0. The van der Waals surface area contributed by atoms with Crippen LogP contribution in [0.4, 0.5) is 10.3 Å². The molecule has 0 radical (unpaired) electrons. The number of nitrogens with one attached hydrogen (secondary N) is 2. The van der Waals surface area contributed by atoms with Crippen molar-refractivity contribution < 1.29 is 4.39 Å². The molecule has 1 aromatic heterocycles. The summed E-state index contributed by atoms with van der Waals surface area (Å²) in [5.74, 6) is 0.722. The van der Waals surface area contributed by atoms with Crippen LogP contribution < -0.4 is 10.6 Å². The lowest BCUT2D eigenvalue weighted by molar-refractivity contribution is 0.603. The third-order valence-corrected chi connectivity index (χ3v) is 2.33. The maximum Gasteiger partial charge on any atom is 0.222 e. The van der Waals surface area contributed by atoms with Gasteiger partial charge in [-0.2, -0.15) is 0 Å². The van der Waals surface area contributed by atoms with Crippen molar-refractivity contribution in [1.29, 1.82) is 0 Å². The molecular weight excluding hydrogens is 183 g/mol. The Morgan fingerprint density at radius 1 is 1.50 bits per heavy atom. The summed E-state index contributed by atoms with van der Waals surface area (Å²) < 4.78 is 12.5. The van der Waals surface area contributed by atoms with Gasteiger partial charge in [-0.25, -0.2) is 14.4 Å². The third kappa shape index (κ3) is 2.38. The number of aromatic nitrogens is 2. The van der Waals surface area contributed by atoms with E-state index in [1.165, 1.54) is 18.8 Å². The van der Waals surface area contributed by atoms with Crippen LogP contribution >= 0.6 is 0 Å². The first-order valence-corrected chi connectivity index (χ1v) is 4.77. The van der Waals surface area contributed by atoms with Crippen LogP contribution in [0, 0.1) is 11.7 Å². The number of nitrogens with zero attached hydrogens (tertiary/aromatic N) is 2. The molecule has 2 N–H and O–H groups in total. The van der Waals surface area contributed by atoms with Crippen molar-refractivity contribution in [2.45, 2.75) is 6.42 Å². The first-order chi connectivity index (χ1) is 6.84. The van der Waals surface area contributed by atoms with Crippen molar-refractivity contribution in [1.82, 2.24) is 15.3 Å². The zero-order chi connectivity index (χ0) is 9.80. The Morgan fingerprint density at radius 2 is 2.29 bits per heavy atom. The number of anilines is 1. The van der Waals surface area contributed by atoms with E-state index in [-0.39, 0.29) is 0 Å². The highest BCUT2D eigenvalue weighted by Crippen LogP contribution is 2.08. The molecule has 1 atom stereocenters. The molecule has 76 valence electrons. The Balaban J connectivity index is 1.82. The molecule has 1 fully saturated rings. The minimum atomic E-state index is -0.405. The zero-order valence-corrected chi connectivity index (χ0v) is 7.83. The molecule has 1 aliphatic heterocycles. The lowest BCUT2D eigenvalue weighted by atomic mass is 10.1. The normalized spacial score (nSPS) is 21.1. The molecule has 1 aliphatic rings. The molecule has 1 unspecified atom stereocenters. The number of halogens is 1. The van der Waals surface area contributed by atoms with Gasteiger partial charge in [0.15, 0.2) is 5.82 Å². The molecule has 0 saturated carbocycles. The van der Waals surface area contributed by atoms with Gasteiger partial charge in [-0.05, 0) is 25.4 Å². The van der Waals surface area contributed by atoms with Crippen LogP contribution in [0.25, 0.3) is 0 Å². The number of rotatable bonds is 3. The molecule has 0 aromatic carbocycles. The molecule has 4 nitrogen and oxygen atoms in total. The Morgan fingerprint density at radius 3 is 2.93 bits per heavy atom. The summed E-state index contributed by atoms with van der Waals surface area (Å²) in [5, 5.41) is 6.36. The van der Waals surface area contributed by atoms with Gasteiger partial charge in [0.2, 0.25) is 5.95 Å². The molecule has 5 heteroatoms. The highest BCUT2D eigenvalue weighted by atomic mass is 19.1. The first-order valence-electron chi connectivity index (χ1n) is 4.77. The molecule has 14 heavy (non-hydrogen) atoms. The molecule has 0 aliphatic carbocycles. The monoisotopic (exact) mass is 196 g/mol. The quantitative estimate of drug-likeness (QED) is 0.744. The van der Waals surface area contributed by atoms with Gasteiger partial charge in [0.25, 0.3) is 0 Å². The van der Waals surface area contributed by atoms with E-state index < -0.39 is 5.82 Å². The molecule has 2 heterocycles. The van der Waals surface area contributed by atoms with E-state index in [0.29, 0.717) is 11.9 Å². The van der Waals surface area contributed by atoms with Crippen LogP contribution in [0.1, 0.15) is 6.42 Å². The van der Waals surface area contributed by atoms with E-state index >= 15 is 0 Å². The van der Waals surface area contributed by atoms with E-state index in [0.717, 1.165) is 19.6 Å². The molecule has 1 saturated heterocycles. The van der Waals surface area contributed by atoms with E-state index in [2.05, 4.69) is 20.6 Å². The van der Waals surface area contributed by atoms with Crippen molar-refractivity contribution in [3.63, 3.8) is 0 Å². The first kappa shape index (κ1) is 9.33. The van der Waals surface area contributed by atoms with Crippen molar-refractivity contribution in [3.8, 4) is 0 Å². The molecule has 2 rings (SSSR count). The van der Waals surface area contributed by atoms with E-state index in [9.17, 15) is 4.39 Å². The van der Waals surface area contributed by atoms with Gasteiger partial charge in [0.1, 0.15) is 0 Å². The third-order valence-electron chi connectivity index (χ3n) is 2.33. The average molecular weight is 196 g/mol. The lowest BCUT2D eigenvalue weighted by Crippen LogP contribution is -2.18. The van der Waals surface area contributed by atoms with Gasteiger partial charge in [0, 0.05) is 6.54 Å². The Hall–Kier alpha value is -1.23. The SMILES string of the molecule is Fc1cnc(NCC2CCNC2)nc1. The highest BCUT2D eigenvalue weighted by Gasteiger charge is 2.13. The largest absolute Gasteiger partial charge is 0.354 e. The second-order valence-corrected chi connectivity index (χ2v) is 3.46. The number of hydrogen-bond acceptors (Lipinski definition) is 4. The van der Waals surface area contributed by atoms with Crippen molar-refractivity contribution in [2.75, 3.05) is 25.0 Å². The predicted octanol–water partition coefficient (Wildman–Crippen LogP) is 0.637. The lowest BCUT2D eigenvalue weighted by Gasteiger charge is -2.08. The molecule has 1 aromatic rings. The summed E-state index contributed by atoms with van der Waals surface area (Å²) in [7, 11) is 0. The van der Waals surface area contributed by atoms with Crippen LogP contribution in [0.3, 0.4) is 0 Å². The summed E-state index contributed by atoms with van der Waals surface area (Å²) in [6, 6.07) is 0. The fraction of sp³-hybridized carbons (Fsp3) is 0.556. The summed E-state index contributed by atoms with van der Waals surface area (Å²) in [4.78, 5) is 7.64. The summed E-state index contributed by atoms with van der Waals surface area (Å²) in [6.07, 6.45) is 3.51. The Labute approximate surface area is 82.0 Å². The summed E-state index contributed by atoms with van der Waals surface area (Å²) in [5.41, 5.74) is 0. The average Bonchev–Trinajstić information content (AvgIpc) is 2.70. The van der Waals surface area contributed by atoms with Gasteiger partial charge >= 0.3 is 0 Å². The van der Waals surface area contributed by atoms with Crippen LogP contribution in [0.5, 0.6) is 0 Å². The minimum absolute atomic E-state index is 0.405.